The van der Waals surface area contributed by atoms with E-state index < -0.39 is 0 Å². The molecule has 0 spiro atoms. The average Bonchev–Trinajstić information content (AvgIpc) is 1.90. The van der Waals surface area contributed by atoms with Gasteiger partial charge in [0.25, 0.3) is 0 Å². The standard InChI is InChI=1S/C8H8O/c1-2-7-3-5-8(9)6-4-7/h3,5,9H,2H2,1H3. The molecule has 0 aliphatic carbocycles. The van der Waals surface area contributed by atoms with Crippen LogP contribution >= 0.6 is 0 Å². The third-order valence-electron chi connectivity index (χ3n) is 1.17. The minimum Gasteiger partial charge on any atom is -0.501 e. The molecule has 1 heteroatoms. The lowest BCUT2D eigenvalue weighted by atomic mass is 10.2. The second-order valence-corrected chi connectivity index (χ2v) is 1.85. The van der Waals surface area contributed by atoms with Gasteiger partial charge in [-0.05, 0) is 24.6 Å². The second-order valence-electron chi connectivity index (χ2n) is 1.85. The van der Waals surface area contributed by atoms with Gasteiger partial charge >= 0.3 is 0 Å². The molecule has 0 saturated heterocycles. The van der Waals surface area contributed by atoms with Gasteiger partial charge in [-0.15, -0.1) is 0 Å². The van der Waals surface area contributed by atoms with Gasteiger partial charge in [0, 0.05) is 5.56 Å². The molecule has 1 aromatic carbocycles. The molecule has 0 saturated carbocycles. The second kappa shape index (κ2) is 2.41. The minimum absolute atomic E-state index is 0.159. The smallest absolute Gasteiger partial charge is 0.167 e. The first kappa shape index (κ1) is 5.97. The quantitative estimate of drug-likeness (QED) is 0.596. The van der Waals surface area contributed by atoms with Gasteiger partial charge in [-0.3, -0.25) is 0 Å². The lowest BCUT2D eigenvalue weighted by Gasteiger charge is -1.87. The zero-order chi connectivity index (χ0) is 6.69. The number of hydrogen-bond donors (Lipinski definition) is 1. The van der Waals surface area contributed by atoms with Gasteiger partial charge in [0.1, 0.15) is 0 Å². The third kappa shape index (κ3) is 1.36. The minimum atomic E-state index is 0.159. The van der Waals surface area contributed by atoms with Gasteiger partial charge in [0.2, 0.25) is 0 Å². The van der Waals surface area contributed by atoms with Crippen molar-refractivity contribution in [3.05, 3.63) is 29.8 Å². The van der Waals surface area contributed by atoms with E-state index in [0.29, 0.717) is 0 Å². The van der Waals surface area contributed by atoms with E-state index in [1.165, 1.54) is 0 Å². The van der Waals surface area contributed by atoms with E-state index in [4.69, 9.17) is 5.11 Å². The lowest BCUT2D eigenvalue weighted by molar-refractivity contribution is 0.475. The Labute approximate surface area is 55.0 Å². The molecule has 1 N–H and O–H groups in total. The average molecular weight is 120 g/mol. The number of hydrogen-bond acceptors (Lipinski definition) is 1. The van der Waals surface area contributed by atoms with Crippen LogP contribution in [0.3, 0.4) is 0 Å². The van der Waals surface area contributed by atoms with Crippen LogP contribution in [-0.2, 0) is 6.42 Å². The van der Waals surface area contributed by atoms with Crippen molar-refractivity contribution in [2.24, 2.45) is 0 Å². The van der Waals surface area contributed by atoms with E-state index >= 15 is 0 Å². The van der Waals surface area contributed by atoms with Crippen molar-refractivity contribution >= 4 is 0 Å². The highest BCUT2D eigenvalue weighted by atomic mass is 16.3. The third-order valence-corrected chi connectivity index (χ3v) is 1.17. The summed E-state index contributed by atoms with van der Waals surface area (Å²) in [5.41, 5.74) is 1.08. The van der Waals surface area contributed by atoms with Gasteiger partial charge in [0.05, 0.1) is 0 Å². The molecule has 1 nitrogen and oxygen atoms in total. The molecule has 0 amide bonds. The van der Waals surface area contributed by atoms with E-state index in [2.05, 4.69) is 12.1 Å². The van der Waals surface area contributed by atoms with E-state index in [1.54, 1.807) is 6.07 Å². The molecule has 0 fully saturated rings. The molecule has 0 heterocycles. The van der Waals surface area contributed by atoms with Crippen molar-refractivity contribution in [1.82, 2.24) is 0 Å². The van der Waals surface area contributed by atoms with Gasteiger partial charge in [0.15, 0.2) is 5.75 Å². The predicted octanol–water partition coefficient (Wildman–Crippen LogP) is 1.55. The molecule has 1 rings (SSSR count). The maximum Gasteiger partial charge on any atom is 0.167 e. The summed E-state index contributed by atoms with van der Waals surface area (Å²) in [6, 6.07) is 8.85. The van der Waals surface area contributed by atoms with Gasteiger partial charge in [-0.25, -0.2) is 0 Å². The molecule has 0 bridgehead atoms. The molecule has 0 atom stereocenters. The fourth-order valence-corrected chi connectivity index (χ4v) is 0.613. The van der Waals surface area contributed by atoms with Gasteiger partial charge < -0.3 is 5.11 Å². The normalized spacial score (nSPS) is 8.56. The Bertz CT molecular complexity index is 176. The molecule has 0 radical (unpaired) electrons. The summed E-state index contributed by atoms with van der Waals surface area (Å²) >= 11 is 0. The van der Waals surface area contributed by atoms with Crippen LogP contribution < -0.4 is 0 Å². The van der Waals surface area contributed by atoms with E-state index in [9.17, 15) is 0 Å². The molecule has 9 heavy (non-hydrogen) atoms. The van der Waals surface area contributed by atoms with Crippen molar-refractivity contribution < 1.29 is 5.11 Å². The summed E-state index contributed by atoms with van der Waals surface area (Å²) in [5.74, 6) is 0.159. The summed E-state index contributed by atoms with van der Waals surface area (Å²) in [7, 11) is 0. The van der Waals surface area contributed by atoms with Crippen molar-refractivity contribution in [2.75, 3.05) is 0 Å². The molecular weight excluding hydrogens is 112 g/mol. The summed E-state index contributed by atoms with van der Waals surface area (Å²) < 4.78 is 0. The largest absolute Gasteiger partial charge is 0.501 e. The first-order chi connectivity index (χ1) is 4.33. The lowest BCUT2D eigenvalue weighted by Crippen LogP contribution is -1.73. The Morgan fingerprint density at radius 2 is 2.22 bits per heavy atom. The zero-order valence-corrected chi connectivity index (χ0v) is 5.31. The van der Waals surface area contributed by atoms with Crippen LogP contribution in [-0.4, -0.2) is 5.11 Å². The molecule has 0 aromatic heterocycles. The van der Waals surface area contributed by atoms with Crippen molar-refractivity contribution in [3.8, 4) is 5.75 Å². The van der Waals surface area contributed by atoms with E-state index in [0.717, 1.165) is 12.0 Å². The molecule has 0 aliphatic heterocycles. The molecule has 0 unspecified atom stereocenters. The summed E-state index contributed by atoms with van der Waals surface area (Å²) in [6.45, 7) is 2.04. The van der Waals surface area contributed by atoms with Crippen LogP contribution in [0.4, 0.5) is 0 Å². The SMILES string of the molecule is CCc1c#cc(O)cc1. The Kier molecular flexibility index (Phi) is 1.60. The molecular formula is C8H8O. The van der Waals surface area contributed by atoms with Crippen molar-refractivity contribution in [2.45, 2.75) is 13.3 Å². The highest BCUT2D eigenvalue weighted by Crippen LogP contribution is 2.03. The zero-order valence-electron chi connectivity index (χ0n) is 5.31. The van der Waals surface area contributed by atoms with Crippen LogP contribution in [0.5, 0.6) is 5.75 Å². The Morgan fingerprint density at radius 1 is 1.44 bits per heavy atom. The number of rotatable bonds is 1. The monoisotopic (exact) mass is 120 g/mol. The molecule has 1 aromatic rings. The molecule has 0 aliphatic rings. The van der Waals surface area contributed by atoms with E-state index in [-0.39, 0.29) is 5.75 Å². The fraction of sp³-hybridized carbons (Fsp3) is 0.250. The number of aromatic hydroxyl groups is 1. The summed E-state index contributed by atoms with van der Waals surface area (Å²) in [5, 5.41) is 8.77. The van der Waals surface area contributed by atoms with E-state index in [1.807, 2.05) is 13.0 Å². The van der Waals surface area contributed by atoms with Crippen molar-refractivity contribution in [1.29, 1.82) is 0 Å². The Balaban J connectivity index is 2.88. The Hall–Kier alpha value is -1.16. The van der Waals surface area contributed by atoms with Crippen molar-refractivity contribution in [3.63, 3.8) is 0 Å². The van der Waals surface area contributed by atoms with Crippen LogP contribution in [0.15, 0.2) is 12.1 Å². The van der Waals surface area contributed by atoms with Crippen LogP contribution in [0.25, 0.3) is 0 Å². The predicted molar refractivity (Wildman–Crippen MR) is 35.2 cm³/mol. The van der Waals surface area contributed by atoms with Crippen LogP contribution in [0.1, 0.15) is 12.5 Å². The van der Waals surface area contributed by atoms with Crippen LogP contribution in [0.2, 0.25) is 0 Å². The maximum atomic E-state index is 8.77. The topological polar surface area (TPSA) is 20.2 Å². The maximum absolute atomic E-state index is 8.77. The van der Waals surface area contributed by atoms with Gasteiger partial charge in [-0.2, -0.15) is 0 Å². The first-order valence-corrected chi connectivity index (χ1v) is 2.94. The van der Waals surface area contributed by atoms with Crippen LogP contribution in [0, 0.1) is 12.1 Å². The molecule has 46 valence electrons. The Morgan fingerprint density at radius 3 is 2.67 bits per heavy atom. The van der Waals surface area contributed by atoms with Gasteiger partial charge in [-0.1, -0.05) is 13.0 Å². The summed E-state index contributed by atoms with van der Waals surface area (Å²) in [6.07, 6.45) is 0.941. The highest BCUT2D eigenvalue weighted by molar-refractivity contribution is 5.18. The summed E-state index contributed by atoms with van der Waals surface area (Å²) in [4.78, 5) is 0. The fourth-order valence-electron chi connectivity index (χ4n) is 0.613. The first-order valence-electron chi connectivity index (χ1n) is 2.94. The number of aryl methyl sites for hydroxylation is 1. The highest BCUT2D eigenvalue weighted by Gasteiger charge is 1.84.